The first-order chi connectivity index (χ1) is 22.9. The molecule has 0 aromatic rings. The molecule has 0 radical (unpaired) electrons. The summed E-state index contributed by atoms with van der Waals surface area (Å²) in [7, 11) is 18.7. The molecule has 0 amide bonds. The molecule has 12 unspecified atom stereocenters. The van der Waals surface area contributed by atoms with Crippen molar-refractivity contribution in [2.75, 3.05) is 0 Å². The van der Waals surface area contributed by atoms with Crippen molar-refractivity contribution in [3.63, 3.8) is 0 Å². The summed E-state index contributed by atoms with van der Waals surface area (Å²) in [5, 5.41) is 0. The van der Waals surface area contributed by atoms with Crippen LogP contribution in [0.15, 0.2) is 48.6 Å². The van der Waals surface area contributed by atoms with Crippen LogP contribution in [0.25, 0.3) is 0 Å². The molecule has 0 nitrogen and oxygen atoms in total. The van der Waals surface area contributed by atoms with Gasteiger partial charge in [-0.25, -0.2) is 0 Å². The molecule has 6 saturated carbocycles. The molecule has 8 aliphatic rings. The Labute approximate surface area is 357 Å². The fourth-order valence-electron chi connectivity index (χ4n) is 12.8. The number of allylic oxidation sites excluding steroid dienone is 8. The molecule has 290 valence electrons. The minimum absolute atomic E-state index is 0. The summed E-state index contributed by atoms with van der Waals surface area (Å²) in [5.41, 5.74) is 2.40. The Morgan fingerprint density at radius 3 is 1.22 bits per heavy atom. The van der Waals surface area contributed by atoms with Crippen LogP contribution in [0.5, 0.6) is 0 Å². The molecule has 0 bridgehead atoms. The Hall–Kier alpha value is 2.10. The van der Waals surface area contributed by atoms with Crippen molar-refractivity contribution >= 4 is 42.1 Å². The van der Waals surface area contributed by atoms with E-state index in [0.717, 1.165) is 47.3 Å². The van der Waals surface area contributed by atoms with Gasteiger partial charge in [-0.15, -0.1) is 0 Å². The van der Waals surface area contributed by atoms with Gasteiger partial charge in [0.25, 0.3) is 0 Å². The Bertz CT molecular complexity index is 982. The van der Waals surface area contributed by atoms with E-state index in [1.54, 1.807) is 77.0 Å². The predicted molar refractivity (Wildman–Crippen MR) is 229 cm³/mol. The van der Waals surface area contributed by atoms with Crippen molar-refractivity contribution in [2.24, 2.45) is 59.2 Å². The molecular formula is C44H74Cl4SiZr2. The van der Waals surface area contributed by atoms with Gasteiger partial charge in [-0.3, -0.25) is 0 Å². The van der Waals surface area contributed by atoms with Gasteiger partial charge in [0.05, 0.1) is 8.07 Å². The zero-order chi connectivity index (χ0) is 33.2. The van der Waals surface area contributed by atoms with Gasteiger partial charge in [0.15, 0.2) is 0 Å². The molecule has 0 N–H and O–H groups in total. The van der Waals surface area contributed by atoms with Gasteiger partial charge < -0.3 is 29.7 Å². The standard InChI is InChI=1S/C20H36Si.C20H26.4CH3.4ClH.2Zr/c1-21(2,19-13-11-15-7-3-5-9-17(15)19)20-14-12-16-8-4-6-10-18(16)20;1-3-7-19-15(5-1)9-11-17(19)13-14-18-12-10-16-6-2-4-8-20(16)18;;;;;;;;;;/h15-20H,3-14H2,1-2H3;1-8,15-20H,9-14H2;4*1H3;4*1H;;/q;;4*-1;;;;;2*+4/p-4. The molecule has 51 heavy (non-hydrogen) atoms. The van der Waals surface area contributed by atoms with E-state index in [-0.39, 0.29) is 29.7 Å². The first kappa shape index (κ1) is 51.1. The molecule has 0 aromatic carbocycles. The third-order valence-corrected chi connectivity index (χ3v) is 20.2. The quantitative estimate of drug-likeness (QED) is 0.190. The Kier molecular flexibility index (Phi) is 26.2. The van der Waals surface area contributed by atoms with Crippen LogP contribution in [0.1, 0.15) is 116 Å². The first-order valence-corrected chi connectivity index (χ1v) is 35.4. The molecule has 0 aromatic heterocycles. The number of hydrogen-bond acceptors (Lipinski definition) is 0. The van der Waals surface area contributed by atoms with Gasteiger partial charge in [0.1, 0.15) is 0 Å². The van der Waals surface area contributed by atoms with Gasteiger partial charge in [0, 0.05) is 0 Å². The van der Waals surface area contributed by atoms with E-state index >= 15 is 0 Å². The van der Waals surface area contributed by atoms with Gasteiger partial charge in [-0.1, -0.05) is 139 Å². The second-order valence-corrected chi connectivity index (χ2v) is 29.6. The summed E-state index contributed by atoms with van der Waals surface area (Å²) in [4.78, 5) is 0. The number of halogens is 4. The van der Waals surface area contributed by atoms with Crippen LogP contribution in [0.3, 0.4) is 0 Å². The fourth-order valence-corrected chi connectivity index (χ4v) is 18.3. The average molecular weight is 955 g/mol. The van der Waals surface area contributed by atoms with E-state index in [1.165, 1.54) is 61.4 Å². The molecule has 0 saturated heterocycles. The first-order valence-electron chi connectivity index (χ1n) is 19.5. The monoisotopic (exact) mass is 950 g/mol. The van der Waals surface area contributed by atoms with Crippen LogP contribution in [0, 0.1) is 88.9 Å². The van der Waals surface area contributed by atoms with E-state index in [9.17, 15) is 0 Å². The zero-order valence-corrected chi connectivity index (χ0v) is 42.2. The fraction of sp³-hybridized carbons (Fsp3) is 0.727. The van der Waals surface area contributed by atoms with Crippen molar-refractivity contribution in [1.29, 1.82) is 0 Å². The van der Waals surface area contributed by atoms with Gasteiger partial charge in [-0.2, -0.15) is 0 Å². The Morgan fingerprint density at radius 2 is 0.824 bits per heavy atom. The molecule has 0 heterocycles. The Balaban J connectivity index is 0.000000414. The third-order valence-electron chi connectivity index (χ3n) is 14.9. The average Bonchev–Trinajstić information content (AvgIpc) is 3.89. The number of hydrogen-bond donors (Lipinski definition) is 0. The van der Waals surface area contributed by atoms with E-state index in [4.69, 9.17) is 34.1 Å². The van der Waals surface area contributed by atoms with Crippen LogP contribution in [0.4, 0.5) is 0 Å². The second-order valence-electron chi connectivity index (χ2n) is 17.0. The third kappa shape index (κ3) is 13.3. The normalized spacial score (nSPS) is 37.4. The predicted octanol–water partition coefficient (Wildman–Crippen LogP) is 16.5. The molecule has 8 rings (SSSR count). The molecule has 0 spiro atoms. The number of fused-ring (bicyclic) bond motifs is 4. The number of rotatable bonds is 5. The topological polar surface area (TPSA) is 0 Å². The van der Waals surface area contributed by atoms with E-state index in [0.29, 0.717) is 0 Å². The summed E-state index contributed by atoms with van der Waals surface area (Å²) in [5.74, 6) is 10.0. The zero-order valence-electron chi connectivity index (χ0n) is 33.3. The molecule has 6 fully saturated rings. The van der Waals surface area contributed by atoms with Crippen LogP contribution < -0.4 is 0 Å². The molecule has 12 atom stereocenters. The summed E-state index contributed by atoms with van der Waals surface area (Å²) in [6, 6.07) is 0. The Morgan fingerprint density at radius 1 is 0.471 bits per heavy atom. The van der Waals surface area contributed by atoms with Crippen LogP contribution in [0.2, 0.25) is 24.2 Å². The molecule has 7 heteroatoms. The summed E-state index contributed by atoms with van der Waals surface area (Å²) in [6.45, 7) is 5.66. The van der Waals surface area contributed by atoms with Crippen molar-refractivity contribution < 1.29 is 41.7 Å². The van der Waals surface area contributed by atoms with Crippen molar-refractivity contribution in [1.82, 2.24) is 0 Å². The van der Waals surface area contributed by atoms with E-state index < -0.39 is 49.8 Å². The van der Waals surface area contributed by atoms with Crippen LogP contribution in [-0.2, 0) is 41.7 Å². The van der Waals surface area contributed by atoms with E-state index in [2.05, 4.69) is 61.7 Å². The maximum atomic E-state index is 4.93. The summed E-state index contributed by atoms with van der Waals surface area (Å²) >= 11 is -1.65. The van der Waals surface area contributed by atoms with Crippen LogP contribution >= 0.6 is 34.1 Å². The summed E-state index contributed by atoms with van der Waals surface area (Å²) < 4.78 is 0. The second kappa shape index (κ2) is 26.2. The summed E-state index contributed by atoms with van der Waals surface area (Å²) in [6.07, 6.45) is 46.7. The van der Waals surface area contributed by atoms with Gasteiger partial charge in [-0.05, 0) is 109 Å². The molecule has 0 aliphatic heterocycles. The van der Waals surface area contributed by atoms with Crippen molar-refractivity contribution in [3.05, 3.63) is 78.3 Å². The minimum atomic E-state index is -1.05. The van der Waals surface area contributed by atoms with Gasteiger partial charge >= 0.3 is 75.7 Å². The van der Waals surface area contributed by atoms with Crippen molar-refractivity contribution in [2.45, 2.75) is 140 Å². The SMILES string of the molecule is C1=CC2CCC(CCC3CCC4C=CC=CC43)C2C=C1.C[Si](C)(C1CCC2CCCCC21)C1CCC2CCCCC21.[CH3-].[CH3-].[CH3-].[CH3-].[Cl][Zr+2][Cl].[Cl][Zr+2][Cl]. The van der Waals surface area contributed by atoms with Crippen LogP contribution in [-0.4, -0.2) is 8.07 Å². The van der Waals surface area contributed by atoms with E-state index in [1.807, 2.05) is 0 Å². The maximum absolute atomic E-state index is 4.93. The molecule has 8 aliphatic carbocycles. The van der Waals surface area contributed by atoms with Crippen molar-refractivity contribution in [3.8, 4) is 0 Å². The molecular weight excluding hydrogens is 881 g/mol. The van der Waals surface area contributed by atoms with Gasteiger partial charge in [0.2, 0.25) is 0 Å².